The molecule has 1 aliphatic heterocycles. The SMILES string of the molecule is CCCCNC(=O)[C@@H]1CN(C(=O)c2ccc(Cl)cc2)C[C@H]1c1cc(OC)ccc1OC. The van der Waals surface area contributed by atoms with Gasteiger partial charge in [0.2, 0.25) is 5.91 Å². The van der Waals surface area contributed by atoms with Crippen LogP contribution in [0.4, 0.5) is 0 Å². The van der Waals surface area contributed by atoms with Crippen molar-refractivity contribution < 1.29 is 19.1 Å². The van der Waals surface area contributed by atoms with Crippen LogP contribution in [-0.2, 0) is 4.79 Å². The molecule has 0 bridgehead atoms. The zero-order valence-electron chi connectivity index (χ0n) is 18.2. The van der Waals surface area contributed by atoms with Gasteiger partial charge >= 0.3 is 0 Å². The Morgan fingerprint density at radius 1 is 1.10 bits per heavy atom. The van der Waals surface area contributed by atoms with E-state index in [9.17, 15) is 9.59 Å². The fraction of sp³-hybridized carbons (Fsp3) is 0.417. The first-order valence-corrected chi connectivity index (χ1v) is 10.9. The Morgan fingerprint density at radius 2 is 1.84 bits per heavy atom. The quantitative estimate of drug-likeness (QED) is 0.621. The zero-order valence-corrected chi connectivity index (χ0v) is 18.9. The normalized spacial score (nSPS) is 18.0. The number of carbonyl (C=O) groups excluding carboxylic acids is 2. The Morgan fingerprint density at radius 3 is 2.48 bits per heavy atom. The van der Waals surface area contributed by atoms with Crippen molar-refractivity contribution in [3.8, 4) is 11.5 Å². The monoisotopic (exact) mass is 444 g/mol. The minimum absolute atomic E-state index is 0.0465. The topological polar surface area (TPSA) is 67.9 Å². The van der Waals surface area contributed by atoms with Crippen LogP contribution in [0.5, 0.6) is 11.5 Å². The Labute approximate surface area is 188 Å². The minimum Gasteiger partial charge on any atom is -0.497 e. The molecule has 6 nitrogen and oxygen atoms in total. The van der Waals surface area contributed by atoms with Gasteiger partial charge in [0.05, 0.1) is 20.1 Å². The number of benzene rings is 2. The number of methoxy groups -OCH3 is 2. The van der Waals surface area contributed by atoms with E-state index in [2.05, 4.69) is 12.2 Å². The molecule has 1 fully saturated rings. The van der Waals surface area contributed by atoms with Crippen LogP contribution in [0.15, 0.2) is 42.5 Å². The summed E-state index contributed by atoms with van der Waals surface area (Å²) in [5.41, 5.74) is 1.41. The molecule has 0 aliphatic carbocycles. The van der Waals surface area contributed by atoms with Crippen molar-refractivity contribution in [2.45, 2.75) is 25.7 Å². The van der Waals surface area contributed by atoms with Crippen molar-refractivity contribution in [2.75, 3.05) is 33.9 Å². The van der Waals surface area contributed by atoms with Gasteiger partial charge < -0.3 is 19.7 Å². The van der Waals surface area contributed by atoms with Crippen molar-refractivity contribution in [1.82, 2.24) is 10.2 Å². The lowest BCUT2D eigenvalue weighted by Crippen LogP contribution is -2.36. The van der Waals surface area contributed by atoms with Crippen molar-refractivity contribution >= 4 is 23.4 Å². The molecule has 0 aromatic heterocycles. The highest BCUT2D eigenvalue weighted by Gasteiger charge is 2.41. The highest BCUT2D eigenvalue weighted by molar-refractivity contribution is 6.30. The molecule has 2 amide bonds. The molecule has 1 saturated heterocycles. The fourth-order valence-electron chi connectivity index (χ4n) is 3.97. The predicted octanol–water partition coefficient (Wildman–Crippen LogP) is 4.13. The molecule has 2 aromatic carbocycles. The molecule has 0 unspecified atom stereocenters. The van der Waals surface area contributed by atoms with Gasteiger partial charge in [0.25, 0.3) is 5.91 Å². The Hall–Kier alpha value is -2.73. The Balaban J connectivity index is 1.91. The van der Waals surface area contributed by atoms with E-state index in [1.54, 1.807) is 43.4 Å². The molecule has 0 saturated carbocycles. The van der Waals surface area contributed by atoms with Gasteiger partial charge in [-0.05, 0) is 48.9 Å². The molecule has 0 radical (unpaired) electrons. The lowest BCUT2D eigenvalue weighted by Gasteiger charge is -2.21. The summed E-state index contributed by atoms with van der Waals surface area (Å²) in [6.07, 6.45) is 1.91. The fourth-order valence-corrected chi connectivity index (χ4v) is 4.10. The molecule has 1 N–H and O–H groups in total. The van der Waals surface area contributed by atoms with Crippen LogP contribution >= 0.6 is 11.6 Å². The van der Waals surface area contributed by atoms with E-state index < -0.39 is 0 Å². The largest absolute Gasteiger partial charge is 0.497 e. The third-order valence-corrected chi connectivity index (χ3v) is 5.95. The van der Waals surface area contributed by atoms with Crippen LogP contribution in [0.3, 0.4) is 0 Å². The first-order valence-electron chi connectivity index (χ1n) is 10.5. The maximum Gasteiger partial charge on any atom is 0.253 e. The number of unbranched alkanes of at least 4 members (excludes halogenated alkanes) is 1. The lowest BCUT2D eigenvalue weighted by atomic mass is 9.87. The number of rotatable bonds is 8. The number of hydrogen-bond donors (Lipinski definition) is 1. The number of halogens is 1. The Kier molecular flexibility index (Phi) is 7.80. The summed E-state index contributed by atoms with van der Waals surface area (Å²) in [6.45, 7) is 3.46. The first kappa shape index (κ1) is 22.9. The van der Waals surface area contributed by atoms with Crippen LogP contribution < -0.4 is 14.8 Å². The summed E-state index contributed by atoms with van der Waals surface area (Å²) in [7, 11) is 3.21. The van der Waals surface area contributed by atoms with Crippen molar-refractivity contribution in [2.24, 2.45) is 5.92 Å². The highest BCUT2D eigenvalue weighted by atomic mass is 35.5. The summed E-state index contributed by atoms with van der Waals surface area (Å²) >= 11 is 5.96. The van der Waals surface area contributed by atoms with Crippen LogP contribution in [-0.4, -0.2) is 50.6 Å². The number of hydrogen-bond acceptors (Lipinski definition) is 4. The van der Waals surface area contributed by atoms with E-state index in [0.29, 0.717) is 41.7 Å². The van der Waals surface area contributed by atoms with Crippen molar-refractivity contribution in [1.29, 1.82) is 0 Å². The second kappa shape index (κ2) is 10.5. The molecule has 7 heteroatoms. The lowest BCUT2D eigenvalue weighted by molar-refractivity contribution is -0.124. The van der Waals surface area contributed by atoms with Crippen LogP contribution in [0.25, 0.3) is 0 Å². The summed E-state index contributed by atoms with van der Waals surface area (Å²) in [5.74, 6) is 0.612. The molecule has 1 aliphatic rings. The molecule has 0 spiro atoms. The van der Waals surface area contributed by atoms with E-state index >= 15 is 0 Å². The van der Waals surface area contributed by atoms with E-state index in [-0.39, 0.29) is 23.7 Å². The smallest absolute Gasteiger partial charge is 0.253 e. The van der Waals surface area contributed by atoms with Crippen molar-refractivity contribution in [3.63, 3.8) is 0 Å². The van der Waals surface area contributed by atoms with E-state index in [1.807, 2.05) is 18.2 Å². The average Bonchev–Trinajstić information content (AvgIpc) is 3.24. The van der Waals surface area contributed by atoms with Crippen LogP contribution in [0.1, 0.15) is 41.6 Å². The Bertz CT molecular complexity index is 916. The van der Waals surface area contributed by atoms with Gasteiger partial charge in [-0.1, -0.05) is 24.9 Å². The molecule has 2 atom stereocenters. The minimum atomic E-state index is -0.380. The van der Waals surface area contributed by atoms with E-state index in [1.165, 1.54) is 0 Å². The van der Waals surface area contributed by atoms with Gasteiger partial charge in [0.1, 0.15) is 11.5 Å². The molecule has 3 rings (SSSR count). The predicted molar refractivity (Wildman–Crippen MR) is 121 cm³/mol. The highest BCUT2D eigenvalue weighted by Crippen LogP contribution is 2.40. The van der Waals surface area contributed by atoms with Crippen LogP contribution in [0, 0.1) is 5.92 Å². The van der Waals surface area contributed by atoms with Gasteiger partial charge in [-0.25, -0.2) is 0 Å². The number of nitrogens with zero attached hydrogens (tertiary/aromatic N) is 1. The number of ether oxygens (including phenoxy) is 2. The van der Waals surface area contributed by atoms with E-state index in [0.717, 1.165) is 18.4 Å². The van der Waals surface area contributed by atoms with E-state index in [4.69, 9.17) is 21.1 Å². The second-order valence-corrected chi connectivity index (χ2v) is 8.12. The third-order valence-electron chi connectivity index (χ3n) is 5.70. The maximum absolute atomic E-state index is 13.1. The van der Waals surface area contributed by atoms with Gasteiger partial charge in [-0.15, -0.1) is 0 Å². The molecule has 166 valence electrons. The standard InChI is InChI=1S/C24H29ClN2O4/c1-4-5-12-26-23(28)21-15-27(24(29)16-6-8-17(25)9-7-16)14-20(21)19-13-18(30-2)10-11-22(19)31-3/h6-11,13,20-21H,4-5,12,14-15H2,1-3H3,(H,26,28)/t20-,21+/m0/s1. The van der Waals surface area contributed by atoms with Gasteiger partial charge in [-0.2, -0.15) is 0 Å². The maximum atomic E-state index is 13.1. The summed E-state index contributed by atoms with van der Waals surface area (Å²) in [6, 6.07) is 12.4. The van der Waals surface area contributed by atoms with Gasteiger partial charge in [0.15, 0.2) is 0 Å². The number of likely N-dealkylation sites (tertiary alicyclic amines) is 1. The van der Waals surface area contributed by atoms with Gasteiger partial charge in [0, 0.05) is 41.7 Å². The zero-order chi connectivity index (χ0) is 22.4. The summed E-state index contributed by atoms with van der Waals surface area (Å²) in [5, 5.41) is 3.61. The number of carbonyl (C=O) groups is 2. The molecular weight excluding hydrogens is 416 g/mol. The van der Waals surface area contributed by atoms with Gasteiger partial charge in [-0.3, -0.25) is 9.59 Å². The number of amides is 2. The summed E-state index contributed by atoms with van der Waals surface area (Å²) in [4.78, 5) is 27.9. The summed E-state index contributed by atoms with van der Waals surface area (Å²) < 4.78 is 11.0. The molecule has 31 heavy (non-hydrogen) atoms. The molecule has 1 heterocycles. The van der Waals surface area contributed by atoms with Crippen molar-refractivity contribution in [3.05, 3.63) is 58.6 Å². The molecule has 2 aromatic rings. The third kappa shape index (κ3) is 5.31. The number of nitrogens with one attached hydrogen (secondary N) is 1. The average molecular weight is 445 g/mol. The molecular formula is C24H29ClN2O4. The first-order chi connectivity index (χ1) is 15.0. The van der Waals surface area contributed by atoms with Crippen LogP contribution in [0.2, 0.25) is 5.02 Å². The second-order valence-electron chi connectivity index (χ2n) is 7.68.